The molecule has 0 radical (unpaired) electrons. The van der Waals surface area contributed by atoms with E-state index >= 15 is 0 Å². The molecule has 0 amide bonds. The Morgan fingerprint density at radius 1 is 1.32 bits per heavy atom. The first-order valence-corrected chi connectivity index (χ1v) is 7.02. The second-order valence-corrected chi connectivity index (χ2v) is 5.32. The van der Waals surface area contributed by atoms with Crippen molar-refractivity contribution in [2.45, 2.75) is 37.4 Å². The van der Waals surface area contributed by atoms with E-state index in [1.54, 1.807) is 6.07 Å². The Hall–Kier alpha value is -1.33. The number of aryl methyl sites for hydroxylation is 2. The Bertz CT molecular complexity index is 549. The van der Waals surface area contributed by atoms with E-state index in [1.807, 2.05) is 26.8 Å². The van der Waals surface area contributed by atoms with Crippen LogP contribution < -0.4 is 5.32 Å². The molecule has 1 heterocycles. The van der Waals surface area contributed by atoms with Crippen LogP contribution >= 0.6 is 11.8 Å². The monoisotopic (exact) mass is 280 g/mol. The minimum atomic E-state index is -0.238. The van der Waals surface area contributed by atoms with Gasteiger partial charge in [0.05, 0.1) is 5.69 Å². The summed E-state index contributed by atoms with van der Waals surface area (Å²) >= 11 is 1.34. The summed E-state index contributed by atoms with van der Waals surface area (Å²) in [4.78, 5) is 5.09. The molecular weight excluding hydrogens is 263 g/mol. The van der Waals surface area contributed by atoms with Crippen LogP contribution in [-0.4, -0.2) is 11.5 Å². The van der Waals surface area contributed by atoms with Gasteiger partial charge in [-0.3, -0.25) is 0 Å². The third kappa shape index (κ3) is 3.81. The summed E-state index contributed by atoms with van der Waals surface area (Å²) in [5, 5.41) is 3.73. The quantitative estimate of drug-likeness (QED) is 0.906. The van der Waals surface area contributed by atoms with Crippen molar-refractivity contribution in [3.8, 4) is 0 Å². The minimum Gasteiger partial charge on any atom is -0.436 e. The normalized spacial score (nSPS) is 10.9. The summed E-state index contributed by atoms with van der Waals surface area (Å²) in [5.41, 5.74) is 1.79. The van der Waals surface area contributed by atoms with Gasteiger partial charge in [0, 0.05) is 11.4 Å². The standard InChI is InChI=1S/C14H17FN2OS/c1-4-16-8-11-5-12(15)7-13(6-11)19-14-17-9(2)10(3)18-14/h5-7,16H,4,8H2,1-3H3. The number of rotatable bonds is 5. The van der Waals surface area contributed by atoms with Crippen LogP contribution in [0.1, 0.15) is 23.9 Å². The van der Waals surface area contributed by atoms with E-state index in [0.717, 1.165) is 28.5 Å². The van der Waals surface area contributed by atoms with Crippen molar-refractivity contribution in [1.82, 2.24) is 10.3 Å². The molecule has 0 bridgehead atoms. The van der Waals surface area contributed by atoms with E-state index in [4.69, 9.17) is 4.42 Å². The molecule has 3 nitrogen and oxygen atoms in total. The van der Waals surface area contributed by atoms with Gasteiger partial charge in [0.25, 0.3) is 5.22 Å². The molecule has 0 unspecified atom stereocenters. The number of benzene rings is 1. The zero-order chi connectivity index (χ0) is 13.8. The van der Waals surface area contributed by atoms with Crippen LogP contribution in [0.3, 0.4) is 0 Å². The number of hydrogen-bond acceptors (Lipinski definition) is 4. The molecule has 102 valence electrons. The van der Waals surface area contributed by atoms with E-state index in [0.29, 0.717) is 11.8 Å². The molecule has 0 saturated heterocycles. The molecule has 1 aromatic heterocycles. The fourth-order valence-electron chi connectivity index (χ4n) is 1.64. The largest absolute Gasteiger partial charge is 0.436 e. The summed E-state index contributed by atoms with van der Waals surface area (Å²) in [6.45, 7) is 7.30. The van der Waals surface area contributed by atoms with Gasteiger partial charge in [-0.05, 0) is 55.9 Å². The SMILES string of the molecule is CCNCc1cc(F)cc(Sc2nc(C)c(C)o2)c1. The minimum absolute atomic E-state index is 0.238. The van der Waals surface area contributed by atoms with Crippen molar-refractivity contribution in [2.75, 3.05) is 6.54 Å². The summed E-state index contributed by atoms with van der Waals surface area (Å²) in [6.07, 6.45) is 0. The van der Waals surface area contributed by atoms with Gasteiger partial charge in [-0.1, -0.05) is 6.92 Å². The molecule has 0 aliphatic rings. The topological polar surface area (TPSA) is 38.1 Å². The lowest BCUT2D eigenvalue weighted by Crippen LogP contribution is -2.11. The summed E-state index contributed by atoms with van der Waals surface area (Å²) in [7, 11) is 0. The van der Waals surface area contributed by atoms with Crippen LogP contribution in [0.15, 0.2) is 32.7 Å². The predicted octanol–water partition coefficient (Wildman–Crippen LogP) is 3.69. The average Bonchev–Trinajstić information content (AvgIpc) is 2.65. The number of halogens is 1. The predicted molar refractivity (Wildman–Crippen MR) is 73.9 cm³/mol. The van der Waals surface area contributed by atoms with Gasteiger partial charge in [-0.25, -0.2) is 9.37 Å². The van der Waals surface area contributed by atoms with Gasteiger partial charge in [-0.15, -0.1) is 0 Å². The van der Waals surface area contributed by atoms with Crippen molar-refractivity contribution in [2.24, 2.45) is 0 Å². The van der Waals surface area contributed by atoms with Gasteiger partial charge >= 0.3 is 0 Å². The first-order chi connectivity index (χ1) is 9.08. The summed E-state index contributed by atoms with van der Waals surface area (Å²) in [5.74, 6) is 0.560. The molecule has 0 atom stereocenters. The Balaban J connectivity index is 2.17. The molecule has 0 aliphatic heterocycles. The number of oxazole rings is 1. The second-order valence-electron chi connectivity index (χ2n) is 4.30. The van der Waals surface area contributed by atoms with Gasteiger partial charge in [0.2, 0.25) is 0 Å². The Labute approximate surface area is 116 Å². The Morgan fingerprint density at radius 2 is 2.11 bits per heavy atom. The van der Waals surface area contributed by atoms with Crippen molar-refractivity contribution in [3.05, 3.63) is 41.0 Å². The molecule has 0 spiro atoms. The highest BCUT2D eigenvalue weighted by Gasteiger charge is 2.09. The molecule has 1 aromatic carbocycles. The smallest absolute Gasteiger partial charge is 0.260 e. The van der Waals surface area contributed by atoms with E-state index in [-0.39, 0.29) is 5.82 Å². The highest BCUT2D eigenvalue weighted by molar-refractivity contribution is 7.99. The maximum atomic E-state index is 13.6. The molecule has 0 saturated carbocycles. The Morgan fingerprint density at radius 3 is 2.74 bits per heavy atom. The molecule has 2 aromatic rings. The lowest BCUT2D eigenvalue weighted by atomic mass is 10.2. The molecule has 0 aliphatic carbocycles. The number of nitrogens with zero attached hydrogens (tertiary/aromatic N) is 1. The molecule has 0 fully saturated rings. The number of aromatic nitrogens is 1. The van der Waals surface area contributed by atoms with Crippen LogP contribution in [0.25, 0.3) is 0 Å². The molecule has 5 heteroatoms. The first-order valence-electron chi connectivity index (χ1n) is 6.20. The fourth-order valence-corrected chi connectivity index (χ4v) is 2.57. The molecule has 2 rings (SSSR count). The fraction of sp³-hybridized carbons (Fsp3) is 0.357. The van der Waals surface area contributed by atoms with Crippen LogP contribution in [0.5, 0.6) is 0 Å². The highest BCUT2D eigenvalue weighted by atomic mass is 32.2. The first kappa shape index (κ1) is 14.1. The van der Waals surface area contributed by atoms with E-state index in [9.17, 15) is 4.39 Å². The van der Waals surface area contributed by atoms with Crippen LogP contribution in [0, 0.1) is 19.7 Å². The second kappa shape index (κ2) is 6.21. The van der Waals surface area contributed by atoms with Crippen LogP contribution in [0.2, 0.25) is 0 Å². The Kier molecular flexibility index (Phi) is 4.61. The van der Waals surface area contributed by atoms with Crippen molar-refractivity contribution in [3.63, 3.8) is 0 Å². The third-order valence-electron chi connectivity index (χ3n) is 2.72. The van der Waals surface area contributed by atoms with Crippen LogP contribution in [0.4, 0.5) is 4.39 Å². The van der Waals surface area contributed by atoms with E-state index < -0.39 is 0 Å². The van der Waals surface area contributed by atoms with Gasteiger partial charge in [0.15, 0.2) is 0 Å². The van der Waals surface area contributed by atoms with E-state index in [2.05, 4.69) is 10.3 Å². The average molecular weight is 280 g/mol. The third-order valence-corrected chi connectivity index (χ3v) is 3.54. The maximum Gasteiger partial charge on any atom is 0.260 e. The number of nitrogens with one attached hydrogen (secondary N) is 1. The zero-order valence-electron chi connectivity index (χ0n) is 11.3. The van der Waals surface area contributed by atoms with Crippen LogP contribution in [-0.2, 0) is 6.54 Å². The van der Waals surface area contributed by atoms with Gasteiger partial charge in [0.1, 0.15) is 11.6 Å². The van der Waals surface area contributed by atoms with Crippen molar-refractivity contribution < 1.29 is 8.81 Å². The zero-order valence-corrected chi connectivity index (χ0v) is 12.1. The van der Waals surface area contributed by atoms with Crippen molar-refractivity contribution in [1.29, 1.82) is 0 Å². The molecule has 1 N–H and O–H groups in total. The summed E-state index contributed by atoms with van der Waals surface area (Å²) < 4.78 is 19.0. The van der Waals surface area contributed by atoms with E-state index in [1.165, 1.54) is 17.8 Å². The van der Waals surface area contributed by atoms with Gasteiger partial charge in [-0.2, -0.15) is 0 Å². The molecular formula is C14H17FN2OS. The maximum absolute atomic E-state index is 13.6. The molecule has 19 heavy (non-hydrogen) atoms. The lowest BCUT2D eigenvalue weighted by molar-refractivity contribution is 0.431. The summed E-state index contributed by atoms with van der Waals surface area (Å²) in [6, 6.07) is 4.99. The highest BCUT2D eigenvalue weighted by Crippen LogP contribution is 2.29. The number of hydrogen-bond donors (Lipinski definition) is 1. The van der Waals surface area contributed by atoms with Crippen molar-refractivity contribution >= 4 is 11.8 Å². The van der Waals surface area contributed by atoms with Gasteiger partial charge < -0.3 is 9.73 Å². The lowest BCUT2D eigenvalue weighted by Gasteiger charge is -2.05.